The second-order valence-corrected chi connectivity index (χ2v) is 7.80. The van der Waals surface area contributed by atoms with Crippen LogP contribution in [0.15, 0.2) is 73.1 Å². The van der Waals surface area contributed by atoms with Crippen molar-refractivity contribution in [2.24, 2.45) is 0 Å². The highest BCUT2D eigenvalue weighted by molar-refractivity contribution is 6.31. The van der Waals surface area contributed by atoms with E-state index in [1.54, 1.807) is 31.7 Å². The van der Waals surface area contributed by atoms with Crippen molar-refractivity contribution in [2.45, 2.75) is 12.5 Å². The molecule has 1 saturated heterocycles. The van der Waals surface area contributed by atoms with Gasteiger partial charge in [-0.05, 0) is 48.5 Å². The quantitative estimate of drug-likeness (QED) is 0.498. The number of amides is 1. The molecule has 0 aliphatic carbocycles. The summed E-state index contributed by atoms with van der Waals surface area (Å²) in [5.74, 6) is 0.288. The normalized spacial score (nSPS) is 15.7. The Bertz CT molecular complexity index is 1100. The second-order valence-electron chi connectivity index (χ2n) is 7.40. The van der Waals surface area contributed by atoms with Crippen molar-refractivity contribution in [3.63, 3.8) is 0 Å². The zero-order chi connectivity index (χ0) is 22.3. The Morgan fingerprint density at radius 1 is 1.19 bits per heavy atom. The number of aromatic nitrogens is 1. The molecule has 1 aliphatic heterocycles. The molecule has 164 valence electrons. The predicted octanol–water partition coefficient (Wildman–Crippen LogP) is 5.26. The van der Waals surface area contributed by atoms with Crippen molar-refractivity contribution in [1.29, 1.82) is 0 Å². The van der Waals surface area contributed by atoms with Gasteiger partial charge in [0.2, 0.25) is 5.88 Å². The van der Waals surface area contributed by atoms with Crippen molar-refractivity contribution in [1.82, 2.24) is 4.98 Å². The fourth-order valence-corrected chi connectivity index (χ4v) is 3.81. The highest BCUT2D eigenvalue weighted by Crippen LogP contribution is 2.30. The number of hydrogen-bond donors (Lipinski definition) is 1. The van der Waals surface area contributed by atoms with Gasteiger partial charge in [0.05, 0.1) is 19.9 Å². The molecular formula is C25H24ClN3O3. The average Bonchev–Trinajstić information content (AvgIpc) is 3.28. The topological polar surface area (TPSA) is 63.7 Å². The van der Waals surface area contributed by atoms with Gasteiger partial charge < -0.3 is 19.7 Å². The lowest BCUT2D eigenvalue weighted by atomic mass is 10.1. The third-order valence-corrected chi connectivity index (χ3v) is 5.48. The molecule has 1 N–H and O–H groups in total. The van der Waals surface area contributed by atoms with Gasteiger partial charge in [0.15, 0.2) is 0 Å². The highest BCUT2D eigenvalue weighted by Gasteiger charge is 2.26. The Morgan fingerprint density at radius 3 is 2.81 bits per heavy atom. The van der Waals surface area contributed by atoms with E-state index in [0.29, 0.717) is 23.0 Å². The van der Waals surface area contributed by atoms with Gasteiger partial charge in [0.25, 0.3) is 5.91 Å². The first-order chi connectivity index (χ1) is 15.6. The zero-order valence-electron chi connectivity index (χ0n) is 17.7. The van der Waals surface area contributed by atoms with Crippen LogP contribution in [0.1, 0.15) is 22.3 Å². The fourth-order valence-electron chi connectivity index (χ4n) is 3.64. The molecular weight excluding hydrogens is 426 g/mol. The summed E-state index contributed by atoms with van der Waals surface area (Å²) in [6.45, 7) is 1.51. The molecule has 2 heterocycles. The fraction of sp³-hybridized carbons (Fsp3) is 0.200. The summed E-state index contributed by atoms with van der Waals surface area (Å²) in [4.78, 5) is 19.2. The van der Waals surface area contributed by atoms with Gasteiger partial charge >= 0.3 is 0 Å². The summed E-state index contributed by atoms with van der Waals surface area (Å²) in [7, 11) is 1.60. The van der Waals surface area contributed by atoms with Crippen LogP contribution in [0, 0.1) is 0 Å². The smallest absolute Gasteiger partial charge is 0.255 e. The summed E-state index contributed by atoms with van der Waals surface area (Å²) >= 11 is 6.18. The van der Waals surface area contributed by atoms with Gasteiger partial charge in [-0.25, -0.2) is 4.98 Å². The first-order valence-corrected chi connectivity index (χ1v) is 10.7. The Morgan fingerprint density at radius 2 is 2.03 bits per heavy atom. The molecule has 0 saturated carbocycles. The molecule has 1 atom stereocenters. The van der Waals surface area contributed by atoms with Crippen LogP contribution in [0.2, 0.25) is 5.02 Å². The van der Waals surface area contributed by atoms with Gasteiger partial charge in [-0.1, -0.05) is 29.8 Å². The van der Waals surface area contributed by atoms with Crippen molar-refractivity contribution < 1.29 is 14.3 Å². The number of methoxy groups -OCH3 is 1. The maximum absolute atomic E-state index is 12.7. The van der Waals surface area contributed by atoms with E-state index in [1.807, 2.05) is 54.6 Å². The van der Waals surface area contributed by atoms with Gasteiger partial charge in [0, 0.05) is 41.7 Å². The van der Waals surface area contributed by atoms with E-state index in [1.165, 1.54) is 0 Å². The predicted molar refractivity (Wildman–Crippen MR) is 127 cm³/mol. The van der Waals surface area contributed by atoms with Crippen molar-refractivity contribution in [3.8, 4) is 5.88 Å². The minimum atomic E-state index is -0.165. The number of nitrogens with one attached hydrogen (secondary N) is 1. The minimum absolute atomic E-state index is 0.0253. The third kappa shape index (κ3) is 5.21. The second kappa shape index (κ2) is 10.2. The molecule has 1 fully saturated rings. The van der Waals surface area contributed by atoms with Crippen LogP contribution in [0.3, 0.4) is 0 Å². The number of anilines is 2. The summed E-state index contributed by atoms with van der Waals surface area (Å²) in [6.07, 6.45) is 5.95. The molecule has 2 aromatic carbocycles. The molecule has 0 unspecified atom stereocenters. The molecule has 0 spiro atoms. The highest BCUT2D eigenvalue weighted by atomic mass is 35.5. The van der Waals surface area contributed by atoms with Gasteiger partial charge in [-0.2, -0.15) is 0 Å². The molecule has 4 rings (SSSR count). The number of hydrogen-bond acceptors (Lipinski definition) is 5. The number of para-hydroxylation sites is 1. The van der Waals surface area contributed by atoms with Crippen LogP contribution in [-0.2, 0) is 4.74 Å². The maximum atomic E-state index is 12.7. The number of ether oxygens (including phenoxy) is 2. The Balaban J connectivity index is 1.51. The lowest BCUT2D eigenvalue weighted by Gasteiger charge is -2.22. The third-order valence-electron chi connectivity index (χ3n) is 5.19. The number of carbonyl (C=O) groups is 1. The van der Waals surface area contributed by atoms with E-state index in [4.69, 9.17) is 21.1 Å². The summed E-state index contributed by atoms with van der Waals surface area (Å²) in [5.41, 5.74) is 3.22. The molecule has 0 radical (unpaired) electrons. The van der Waals surface area contributed by atoms with E-state index in [9.17, 15) is 4.79 Å². The van der Waals surface area contributed by atoms with Crippen molar-refractivity contribution >= 4 is 35.0 Å². The molecule has 1 aliphatic rings. The summed E-state index contributed by atoms with van der Waals surface area (Å²) in [5, 5.41) is 3.43. The summed E-state index contributed by atoms with van der Waals surface area (Å²) < 4.78 is 11.1. The number of halogens is 1. The summed E-state index contributed by atoms with van der Waals surface area (Å²) in [6, 6.07) is 18.6. The zero-order valence-corrected chi connectivity index (χ0v) is 18.5. The number of pyridine rings is 1. The lowest BCUT2D eigenvalue weighted by molar-refractivity contribution is 0.102. The molecule has 0 bridgehead atoms. The van der Waals surface area contributed by atoms with Crippen LogP contribution < -0.4 is 15.0 Å². The van der Waals surface area contributed by atoms with Crippen LogP contribution in [0.25, 0.3) is 6.08 Å². The molecule has 1 amide bonds. The minimum Gasteiger partial charge on any atom is -0.504 e. The Hall–Kier alpha value is -3.51. The Labute approximate surface area is 192 Å². The van der Waals surface area contributed by atoms with Crippen LogP contribution in [0.5, 0.6) is 5.88 Å². The first-order valence-electron chi connectivity index (χ1n) is 10.4. The number of benzene rings is 2. The largest absolute Gasteiger partial charge is 0.504 e. The van der Waals surface area contributed by atoms with E-state index in [0.717, 1.165) is 29.9 Å². The molecule has 3 aromatic rings. The van der Waals surface area contributed by atoms with Gasteiger partial charge in [0.1, 0.15) is 11.1 Å². The maximum Gasteiger partial charge on any atom is 0.255 e. The first kappa shape index (κ1) is 21.7. The standard InChI is InChI=1S/C25H24ClN3O3/c1-31-15-12-18-16-19(24(30)28-20-6-3-2-4-7-20)9-10-23(18)29-14-11-21(17-29)32-25-22(26)8-5-13-27-25/h2-10,12-13,15-16,21H,11,14,17H2,1H3,(H,28,30)/t21-/m0/s1. The number of carbonyl (C=O) groups excluding carboxylic acids is 1. The lowest BCUT2D eigenvalue weighted by Crippen LogP contribution is -2.25. The van der Waals surface area contributed by atoms with Crippen molar-refractivity contribution in [3.05, 3.63) is 89.3 Å². The molecule has 32 heavy (non-hydrogen) atoms. The molecule has 1 aromatic heterocycles. The van der Waals surface area contributed by atoms with Gasteiger partial charge in [-0.15, -0.1) is 0 Å². The van der Waals surface area contributed by atoms with Crippen LogP contribution >= 0.6 is 11.6 Å². The SMILES string of the molecule is COC=Cc1cc(C(=O)Nc2ccccc2)ccc1N1CC[C@H](Oc2ncccc2Cl)C1. The van der Waals surface area contributed by atoms with Crippen LogP contribution in [-0.4, -0.2) is 37.2 Å². The van der Waals surface area contributed by atoms with E-state index >= 15 is 0 Å². The molecule has 7 heteroatoms. The van der Waals surface area contributed by atoms with Crippen molar-refractivity contribution in [2.75, 3.05) is 30.4 Å². The van der Waals surface area contributed by atoms with E-state index < -0.39 is 0 Å². The van der Waals surface area contributed by atoms with E-state index in [-0.39, 0.29) is 12.0 Å². The average molecular weight is 450 g/mol. The van der Waals surface area contributed by atoms with Crippen LogP contribution in [0.4, 0.5) is 11.4 Å². The van der Waals surface area contributed by atoms with E-state index in [2.05, 4.69) is 15.2 Å². The monoisotopic (exact) mass is 449 g/mol. The number of nitrogens with zero attached hydrogens (tertiary/aromatic N) is 2. The van der Waals surface area contributed by atoms with Gasteiger partial charge in [-0.3, -0.25) is 4.79 Å². The number of rotatable bonds is 7. The molecule has 6 nitrogen and oxygen atoms in total. The Kier molecular flexibility index (Phi) is 6.92.